The van der Waals surface area contributed by atoms with E-state index in [1.165, 1.54) is 36.0 Å². The molecule has 1 aromatic rings. The lowest BCUT2D eigenvalue weighted by Crippen LogP contribution is -2.29. The van der Waals surface area contributed by atoms with Crippen molar-refractivity contribution in [2.24, 2.45) is 5.92 Å². The molecule has 1 fully saturated rings. The molecule has 0 radical (unpaired) electrons. The predicted octanol–water partition coefficient (Wildman–Crippen LogP) is 5.64. The fourth-order valence-electron chi connectivity index (χ4n) is 3.69. The molecule has 2 nitrogen and oxygen atoms in total. The molecule has 134 valence electrons. The Kier molecular flexibility index (Phi) is 7.48. The minimum absolute atomic E-state index is 0.319. The second-order valence-electron chi connectivity index (χ2n) is 7.41. The highest BCUT2D eigenvalue weighted by molar-refractivity contribution is 5.98. The Morgan fingerprint density at radius 1 is 1.21 bits per heavy atom. The van der Waals surface area contributed by atoms with Crippen LogP contribution in [0.4, 0.5) is 0 Å². The number of rotatable bonds is 10. The fraction of sp³-hybridized carbons (Fsp3) is 0.682. The number of hydrogen-bond donors (Lipinski definition) is 1. The molecule has 2 heteroatoms. The number of nitrogens with one attached hydrogen (secondary N) is 1. The van der Waals surface area contributed by atoms with Crippen molar-refractivity contribution in [1.82, 2.24) is 5.32 Å². The van der Waals surface area contributed by atoms with Gasteiger partial charge in [-0.05, 0) is 74.2 Å². The van der Waals surface area contributed by atoms with Crippen LogP contribution in [0.15, 0.2) is 12.1 Å². The Labute approximate surface area is 148 Å². The summed E-state index contributed by atoms with van der Waals surface area (Å²) in [4.78, 5) is 12.7. The van der Waals surface area contributed by atoms with Crippen LogP contribution in [0.1, 0.15) is 99.3 Å². The van der Waals surface area contributed by atoms with E-state index in [1.807, 2.05) is 0 Å². The van der Waals surface area contributed by atoms with Crippen molar-refractivity contribution in [2.75, 3.05) is 6.54 Å². The summed E-state index contributed by atoms with van der Waals surface area (Å²) in [6.45, 7) is 9.83. The standard InChI is InChI=1S/C22H35NO/c1-5-9-18-13-19(16(4)23-15-17-11-8-12-17)14-21(20(18)7-3)22(24)10-6-2/h13-14,16-17,23H,5-12,15H2,1-4H3. The van der Waals surface area contributed by atoms with E-state index in [0.717, 1.165) is 43.7 Å². The third kappa shape index (κ3) is 4.69. The fourth-order valence-corrected chi connectivity index (χ4v) is 3.69. The van der Waals surface area contributed by atoms with Crippen LogP contribution in [0.3, 0.4) is 0 Å². The maximum atomic E-state index is 12.7. The van der Waals surface area contributed by atoms with E-state index >= 15 is 0 Å². The second kappa shape index (κ2) is 9.36. The molecular formula is C22H35NO. The van der Waals surface area contributed by atoms with E-state index in [4.69, 9.17) is 0 Å². The van der Waals surface area contributed by atoms with Crippen LogP contribution in [0, 0.1) is 5.92 Å². The first-order valence-electron chi connectivity index (χ1n) is 10.0. The van der Waals surface area contributed by atoms with Crippen LogP contribution < -0.4 is 5.32 Å². The molecule has 1 aromatic carbocycles. The molecule has 0 bridgehead atoms. The number of carbonyl (C=O) groups excluding carboxylic acids is 1. The quantitative estimate of drug-likeness (QED) is 0.563. The smallest absolute Gasteiger partial charge is 0.163 e. The third-order valence-corrected chi connectivity index (χ3v) is 5.45. The summed E-state index contributed by atoms with van der Waals surface area (Å²) < 4.78 is 0. The molecule has 1 aliphatic rings. The minimum Gasteiger partial charge on any atom is -0.310 e. The number of ketones is 1. The van der Waals surface area contributed by atoms with Gasteiger partial charge in [0, 0.05) is 18.0 Å². The van der Waals surface area contributed by atoms with Gasteiger partial charge >= 0.3 is 0 Å². The zero-order valence-corrected chi connectivity index (χ0v) is 16.1. The highest BCUT2D eigenvalue weighted by Crippen LogP contribution is 2.28. The molecule has 0 heterocycles. The van der Waals surface area contributed by atoms with Gasteiger partial charge in [-0.3, -0.25) is 4.79 Å². The van der Waals surface area contributed by atoms with E-state index < -0.39 is 0 Å². The first-order valence-corrected chi connectivity index (χ1v) is 10.0. The Bertz CT molecular complexity index is 545. The van der Waals surface area contributed by atoms with Gasteiger partial charge in [-0.1, -0.05) is 39.7 Å². The van der Waals surface area contributed by atoms with Crippen LogP contribution in [0.2, 0.25) is 0 Å². The third-order valence-electron chi connectivity index (χ3n) is 5.45. The molecule has 2 rings (SSSR count). The van der Waals surface area contributed by atoms with Crippen molar-refractivity contribution in [1.29, 1.82) is 0 Å². The molecular weight excluding hydrogens is 294 g/mol. The topological polar surface area (TPSA) is 29.1 Å². The van der Waals surface area contributed by atoms with E-state index in [2.05, 4.69) is 45.1 Å². The normalized spacial score (nSPS) is 16.0. The number of Topliss-reactive ketones (excluding diaryl/α,β-unsaturated/α-hetero) is 1. The molecule has 1 N–H and O–H groups in total. The summed E-state index contributed by atoms with van der Waals surface area (Å²) in [6.07, 6.45) is 8.86. The van der Waals surface area contributed by atoms with Gasteiger partial charge in [0.15, 0.2) is 5.78 Å². The lowest BCUT2D eigenvalue weighted by atomic mass is 9.85. The minimum atomic E-state index is 0.319. The van der Waals surface area contributed by atoms with E-state index in [-0.39, 0.29) is 0 Å². The zero-order valence-electron chi connectivity index (χ0n) is 16.1. The largest absolute Gasteiger partial charge is 0.310 e. The number of aryl methyl sites for hydroxylation is 1. The van der Waals surface area contributed by atoms with Crippen LogP contribution in [0.25, 0.3) is 0 Å². The Morgan fingerprint density at radius 3 is 2.50 bits per heavy atom. The lowest BCUT2D eigenvalue weighted by molar-refractivity contribution is 0.0980. The van der Waals surface area contributed by atoms with Crippen molar-refractivity contribution in [3.05, 3.63) is 34.4 Å². The molecule has 1 saturated carbocycles. The molecule has 0 aromatic heterocycles. The first-order chi connectivity index (χ1) is 11.6. The summed E-state index contributed by atoms with van der Waals surface area (Å²) in [5, 5.41) is 3.69. The number of hydrogen-bond acceptors (Lipinski definition) is 2. The van der Waals surface area contributed by atoms with Crippen LogP contribution in [-0.4, -0.2) is 12.3 Å². The molecule has 0 saturated heterocycles. The summed E-state index contributed by atoms with van der Waals surface area (Å²) in [7, 11) is 0. The van der Waals surface area contributed by atoms with Crippen molar-refractivity contribution >= 4 is 5.78 Å². The lowest BCUT2D eigenvalue weighted by Gasteiger charge is -2.28. The highest BCUT2D eigenvalue weighted by atomic mass is 16.1. The molecule has 24 heavy (non-hydrogen) atoms. The molecule has 1 aliphatic carbocycles. The average molecular weight is 330 g/mol. The summed E-state index contributed by atoms with van der Waals surface area (Å²) in [5.41, 5.74) is 4.94. The van der Waals surface area contributed by atoms with Crippen molar-refractivity contribution in [3.8, 4) is 0 Å². The summed E-state index contributed by atoms with van der Waals surface area (Å²) in [6, 6.07) is 4.85. The maximum absolute atomic E-state index is 12.7. The Balaban J connectivity index is 2.26. The molecule has 0 aliphatic heterocycles. The van der Waals surface area contributed by atoms with Gasteiger partial charge in [0.2, 0.25) is 0 Å². The molecule has 0 spiro atoms. The molecule has 1 atom stereocenters. The molecule has 1 unspecified atom stereocenters. The van der Waals surface area contributed by atoms with Crippen LogP contribution >= 0.6 is 0 Å². The number of carbonyl (C=O) groups is 1. The number of benzene rings is 1. The van der Waals surface area contributed by atoms with Crippen LogP contribution in [-0.2, 0) is 12.8 Å². The van der Waals surface area contributed by atoms with E-state index in [1.54, 1.807) is 0 Å². The Morgan fingerprint density at radius 2 is 1.96 bits per heavy atom. The van der Waals surface area contributed by atoms with Gasteiger partial charge < -0.3 is 5.32 Å². The predicted molar refractivity (Wildman–Crippen MR) is 103 cm³/mol. The monoisotopic (exact) mass is 329 g/mol. The summed E-state index contributed by atoms with van der Waals surface area (Å²) >= 11 is 0. The van der Waals surface area contributed by atoms with E-state index in [9.17, 15) is 4.79 Å². The SMILES string of the molecule is CCCC(=O)c1cc(C(C)NCC2CCC2)cc(CCC)c1CC. The van der Waals surface area contributed by atoms with Crippen molar-refractivity contribution < 1.29 is 4.79 Å². The van der Waals surface area contributed by atoms with Gasteiger partial charge in [-0.15, -0.1) is 0 Å². The van der Waals surface area contributed by atoms with Crippen molar-refractivity contribution in [2.45, 2.75) is 85.1 Å². The zero-order chi connectivity index (χ0) is 17.5. The van der Waals surface area contributed by atoms with E-state index in [0.29, 0.717) is 18.2 Å². The van der Waals surface area contributed by atoms with Gasteiger partial charge in [0.1, 0.15) is 0 Å². The average Bonchev–Trinajstić information content (AvgIpc) is 2.53. The second-order valence-corrected chi connectivity index (χ2v) is 7.41. The van der Waals surface area contributed by atoms with Gasteiger partial charge in [-0.2, -0.15) is 0 Å². The highest BCUT2D eigenvalue weighted by Gasteiger charge is 2.20. The molecule has 0 amide bonds. The first kappa shape index (κ1) is 19.2. The Hall–Kier alpha value is -1.15. The maximum Gasteiger partial charge on any atom is 0.163 e. The van der Waals surface area contributed by atoms with Crippen molar-refractivity contribution in [3.63, 3.8) is 0 Å². The van der Waals surface area contributed by atoms with Gasteiger partial charge in [-0.25, -0.2) is 0 Å². The summed E-state index contributed by atoms with van der Waals surface area (Å²) in [5.74, 6) is 1.18. The van der Waals surface area contributed by atoms with Gasteiger partial charge in [0.05, 0.1) is 0 Å². The van der Waals surface area contributed by atoms with Crippen LogP contribution in [0.5, 0.6) is 0 Å². The van der Waals surface area contributed by atoms with Gasteiger partial charge in [0.25, 0.3) is 0 Å².